The van der Waals surface area contributed by atoms with E-state index in [1.807, 2.05) is 42.5 Å². The maximum absolute atomic E-state index is 12.3. The second-order valence-corrected chi connectivity index (χ2v) is 5.73. The van der Waals surface area contributed by atoms with Crippen molar-refractivity contribution >= 4 is 16.7 Å². The van der Waals surface area contributed by atoms with Crippen molar-refractivity contribution in [3.05, 3.63) is 65.7 Å². The van der Waals surface area contributed by atoms with E-state index in [2.05, 4.69) is 17.4 Å². The van der Waals surface area contributed by atoms with Crippen LogP contribution in [-0.4, -0.2) is 19.8 Å². The third-order valence-electron chi connectivity index (χ3n) is 4.31. The summed E-state index contributed by atoms with van der Waals surface area (Å²) in [6.07, 6.45) is 0. The molecule has 0 bridgehead atoms. The van der Waals surface area contributed by atoms with E-state index in [4.69, 9.17) is 9.47 Å². The first kappa shape index (κ1) is 14.7. The predicted octanol–water partition coefficient (Wildman–Crippen LogP) is 3.73. The zero-order valence-electron chi connectivity index (χ0n) is 13.3. The summed E-state index contributed by atoms with van der Waals surface area (Å²) in [5.74, 6) is 0.676. The minimum atomic E-state index is -0.0359. The molecular formula is C20H17NO3. The van der Waals surface area contributed by atoms with Gasteiger partial charge in [0.1, 0.15) is 5.75 Å². The zero-order valence-corrected chi connectivity index (χ0v) is 13.3. The van der Waals surface area contributed by atoms with Gasteiger partial charge in [0.2, 0.25) is 0 Å². The number of carbonyl (C=O) groups is 1. The smallest absolute Gasteiger partial charge is 0.252 e. The predicted molar refractivity (Wildman–Crippen MR) is 93.1 cm³/mol. The minimum Gasteiger partial charge on any atom is -0.467 e. The van der Waals surface area contributed by atoms with Crippen LogP contribution in [0.5, 0.6) is 5.75 Å². The van der Waals surface area contributed by atoms with Gasteiger partial charge in [0, 0.05) is 19.2 Å². The molecule has 120 valence electrons. The number of hydrogen-bond donors (Lipinski definition) is 1. The van der Waals surface area contributed by atoms with Gasteiger partial charge in [-0.3, -0.25) is 4.79 Å². The lowest BCUT2D eigenvalue weighted by atomic mass is 9.92. The quantitative estimate of drug-likeness (QED) is 0.745. The van der Waals surface area contributed by atoms with Crippen molar-refractivity contribution in [2.45, 2.75) is 6.54 Å². The van der Waals surface area contributed by atoms with E-state index < -0.39 is 0 Å². The van der Waals surface area contributed by atoms with E-state index in [-0.39, 0.29) is 12.7 Å². The molecule has 0 aromatic heterocycles. The van der Waals surface area contributed by atoms with E-state index in [1.54, 1.807) is 7.11 Å². The largest absolute Gasteiger partial charge is 0.467 e. The Morgan fingerprint density at radius 2 is 1.88 bits per heavy atom. The molecule has 0 saturated carbocycles. The molecule has 0 radical (unpaired) electrons. The summed E-state index contributed by atoms with van der Waals surface area (Å²) in [5, 5.41) is 5.06. The van der Waals surface area contributed by atoms with Crippen LogP contribution in [0.2, 0.25) is 0 Å². The number of rotatable bonds is 4. The molecule has 4 heteroatoms. The molecule has 1 amide bonds. The van der Waals surface area contributed by atoms with E-state index in [1.165, 1.54) is 0 Å². The van der Waals surface area contributed by atoms with Crippen molar-refractivity contribution in [3.63, 3.8) is 0 Å². The van der Waals surface area contributed by atoms with Crippen LogP contribution in [0.3, 0.4) is 0 Å². The second-order valence-electron chi connectivity index (χ2n) is 5.73. The average molecular weight is 319 g/mol. The molecule has 1 aliphatic rings. The summed E-state index contributed by atoms with van der Waals surface area (Å²) < 4.78 is 10.9. The Morgan fingerprint density at radius 1 is 1.00 bits per heavy atom. The van der Waals surface area contributed by atoms with Gasteiger partial charge in [-0.25, -0.2) is 0 Å². The van der Waals surface area contributed by atoms with Gasteiger partial charge in [-0.2, -0.15) is 0 Å². The topological polar surface area (TPSA) is 47.6 Å². The van der Waals surface area contributed by atoms with E-state index in [0.29, 0.717) is 12.3 Å². The van der Waals surface area contributed by atoms with Gasteiger partial charge in [-0.05, 0) is 28.0 Å². The molecule has 24 heavy (non-hydrogen) atoms. The lowest BCUT2D eigenvalue weighted by molar-refractivity contribution is 0.0516. The molecule has 0 saturated heterocycles. The number of ether oxygens (including phenoxy) is 2. The first-order chi connectivity index (χ1) is 11.8. The molecule has 0 atom stereocenters. The van der Waals surface area contributed by atoms with E-state index in [9.17, 15) is 4.79 Å². The second kappa shape index (κ2) is 5.98. The SMILES string of the molecule is COCOc1ccc2ccccc2c1-c1cccc2c1C(=O)NC2. The fourth-order valence-electron chi connectivity index (χ4n) is 3.26. The van der Waals surface area contributed by atoms with Crippen molar-refractivity contribution in [1.29, 1.82) is 0 Å². The number of benzene rings is 3. The molecular weight excluding hydrogens is 302 g/mol. The standard InChI is InChI=1S/C20H17NO3/c1-23-12-24-17-10-9-13-5-2-3-7-15(13)19(17)16-8-4-6-14-11-21-20(22)18(14)16/h2-10H,11-12H2,1H3,(H,21,22). The van der Waals surface area contributed by atoms with Gasteiger partial charge < -0.3 is 14.8 Å². The molecule has 0 spiro atoms. The Labute approximate surface area is 140 Å². The summed E-state index contributed by atoms with van der Waals surface area (Å²) >= 11 is 0. The van der Waals surface area contributed by atoms with Gasteiger partial charge in [0.15, 0.2) is 6.79 Å². The molecule has 0 unspecified atom stereocenters. The Hall–Kier alpha value is -2.85. The van der Waals surface area contributed by atoms with Crippen molar-refractivity contribution in [3.8, 4) is 16.9 Å². The highest BCUT2D eigenvalue weighted by Gasteiger charge is 2.25. The van der Waals surface area contributed by atoms with Gasteiger partial charge in [-0.1, -0.05) is 48.5 Å². The zero-order chi connectivity index (χ0) is 16.5. The van der Waals surface area contributed by atoms with Gasteiger partial charge in [-0.15, -0.1) is 0 Å². The number of hydrogen-bond acceptors (Lipinski definition) is 3. The molecule has 1 aliphatic heterocycles. The first-order valence-electron chi connectivity index (χ1n) is 7.83. The van der Waals surface area contributed by atoms with Crippen LogP contribution in [0.15, 0.2) is 54.6 Å². The maximum Gasteiger partial charge on any atom is 0.252 e. The van der Waals surface area contributed by atoms with Crippen LogP contribution >= 0.6 is 0 Å². The van der Waals surface area contributed by atoms with Gasteiger partial charge in [0.05, 0.1) is 5.56 Å². The van der Waals surface area contributed by atoms with Crippen molar-refractivity contribution < 1.29 is 14.3 Å². The lowest BCUT2D eigenvalue weighted by Gasteiger charge is -2.16. The van der Waals surface area contributed by atoms with Crippen molar-refractivity contribution in [2.24, 2.45) is 0 Å². The highest BCUT2D eigenvalue weighted by molar-refractivity contribution is 6.09. The maximum atomic E-state index is 12.3. The Bertz CT molecular complexity index is 933. The summed E-state index contributed by atoms with van der Waals surface area (Å²) in [4.78, 5) is 12.3. The van der Waals surface area contributed by atoms with E-state index >= 15 is 0 Å². The van der Waals surface area contributed by atoms with E-state index in [0.717, 1.165) is 33.0 Å². The van der Waals surface area contributed by atoms with Gasteiger partial charge in [0.25, 0.3) is 5.91 Å². The molecule has 1 N–H and O–H groups in total. The Morgan fingerprint density at radius 3 is 2.75 bits per heavy atom. The fourth-order valence-corrected chi connectivity index (χ4v) is 3.26. The van der Waals surface area contributed by atoms with Crippen LogP contribution in [-0.2, 0) is 11.3 Å². The molecule has 1 heterocycles. The number of carbonyl (C=O) groups excluding carboxylic acids is 1. The van der Waals surface area contributed by atoms with Crippen LogP contribution < -0.4 is 10.1 Å². The van der Waals surface area contributed by atoms with Crippen molar-refractivity contribution in [2.75, 3.05) is 13.9 Å². The summed E-state index contributed by atoms with van der Waals surface area (Å²) in [5.41, 5.74) is 3.57. The third kappa shape index (κ3) is 2.32. The van der Waals surface area contributed by atoms with Crippen LogP contribution in [0, 0.1) is 0 Å². The summed E-state index contributed by atoms with van der Waals surface area (Å²) in [6.45, 7) is 0.730. The first-order valence-corrected chi connectivity index (χ1v) is 7.83. The minimum absolute atomic E-state index is 0.0359. The highest BCUT2D eigenvalue weighted by Crippen LogP contribution is 2.40. The lowest BCUT2D eigenvalue weighted by Crippen LogP contribution is -2.13. The molecule has 0 fully saturated rings. The van der Waals surface area contributed by atoms with Crippen molar-refractivity contribution in [1.82, 2.24) is 5.32 Å². The Kier molecular flexibility index (Phi) is 3.67. The molecule has 0 aliphatic carbocycles. The number of fused-ring (bicyclic) bond motifs is 2. The van der Waals surface area contributed by atoms with Crippen LogP contribution in [0.25, 0.3) is 21.9 Å². The van der Waals surface area contributed by atoms with Crippen LogP contribution in [0.4, 0.5) is 0 Å². The molecule has 4 nitrogen and oxygen atoms in total. The van der Waals surface area contributed by atoms with Gasteiger partial charge >= 0.3 is 0 Å². The monoisotopic (exact) mass is 319 g/mol. The number of nitrogens with one attached hydrogen (secondary N) is 1. The number of amides is 1. The molecule has 3 aromatic carbocycles. The van der Waals surface area contributed by atoms with Crippen LogP contribution in [0.1, 0.15) is 15.9 Å². The summed E-state index contributed by atoms with van der Waals surface area (Å²) in [7, 11) is 1.59. The third-order valence-corrected chi connectivity index (χ3v) is 4.31. The fraction of sp³-hybridized carbons (Fsp3) is 0.150. The molecule has 4 rings (SSSR count). The normalized spacial score (nSPS) is 13.0. The number of methoxy groups -OCH3 is 1. The molecule has 3 aromatic rings. The highest BCUT2D eigenvalue weighted by atomic mass is 16.7. The summed E-state index contributed by atoms with van der Waals surface area (Å²) in [6, 6.07) is 18.0. The Balaban J connectivity index is 2.02. The average Bonchev–Trinajstić information content (AvgIpc) is 3.01.